The molecule has 1 atom stereocenters. The van der Waals surface area contributed by atoms with E-state index in [9.17, 15) is 4.79 Å². The molecule has 0 spiro atoms. The number of rotatable bonds is 2. The predicted molar refractivity (Wildman–Crippen MR) is 70.4 cm³/mol. The van der Waals surface area contributed by atoms with E-state index in [1.807, 2.05) is 20.8 Å². The van der Waals surface area contributed by atoms with Gasteiger partial charge >= 0.3 is 6.09 Å². The molecular formula is C12H20N2O2S. The van der Waals surface area contributed by atoms with Crippen LogP contribution in [-0.2, 0) is 4.74 Å². The monoisotopic (exact) mass is 256 g/mol. The SMILES string of the molecule is CC(C)(C)OC(=O)N1CCC[C@@H](CN=C=S)C1. The third-order valence-corrected chi connectivity index (χ3v) is 2.71. The zero-order valence-corrected chi connectivity index (χ0v) is 11.5. The molecule has 0 aromatic heterocycles. The average Bonchev–Trinajstić information content (AvgIpc) is 2.24. The van der Waals surface area contributed by atoms with Gasteiger partial charge in [-0.05, 0) is 51.7 Å². The lowest BCUT2D eigenvalue weighted by Gasteiger charge is -2.33. The lowest BCUT2D eigenvalue weighted by molar-refractivity contribution is 0.0171. The number of hydrogen-bond acceptors (Lipinski definition) is 4. The number of carbonyl (C=O) groups is 1. The largest absolute Gasteiger partial charge is 0.444 e. The molecule has 0 bridgehead atoms. The van der Waals surface area contributed by atoms with E-state index in [0.717, 1.165) is 19.4 Å². The summed E-state index contributed by atoms with van der Waals surface area (Å²) < 4.78 is 5.35. The second-order valence-electron chi connectivity index (χ2n) is 5.37. The van der Waals surface area contributed by atoms with Gasteiger partial charge in [-0.3, -0.25) is 0 Å². The van der Waals surface area contributed by atoms with Crippen LogP contribution in [0.5, 0.6) is 0 Å². The van der Waals surface area contributed by atoms with Crippen LogP contribution in [0.15, 0.2) is 4.99 Å². The van der Waals surface area contributed by atoms with E-state index in [2.05, 4.69) is 22.4 Å². The second-order valence-corrected chi connectivity index (χ2v) is 5.55. The number of amides is 1. The van der Waals surface area contributed by atoms with Gasteiger partial charge in [0.1, 0.15) is 5.60 Å². The highest BCUT2D eigenvalue weighted by Crippen LogP contribution is 2.19. The number of nitrogens with zero attached hydrogens (tertiary/aromatic N) is 2. The molecule has 5 heteroatoms. The predicted octanol–water partition coefficient (Wildman–Crippen LogP) is 2.74. The van der Waals surface area contributed by atoms with Crippen LogP contribution in [0.3, 0.4) is 0 Å². The summed E-state index contributed by atoms with van der Waals surface area (Å²) in [5.41, 5.74) is -0.434. The Bertz CT molecular complexity index is 319. The Balaban J connectivity index is 2.48. The zero-order valence-electron chi connectivity index (χ0n) is 10.7. The topological polar surface area (TPSA) is 41.9 Å². The number of isothiocyanates is 1. The van der Waals surface area contributed by atoms with E-state index in [4.69, 9.17) is 4.74 Å². The van der Waals surface area contributed by atoms with Crippen LogP contribution in [0.1, 0.15) is 33.6 Å². The zero-order chi connectivity index (χ0) is 12.9. The summed E-state index contributed by atoms with van der Waals surface area (Å²) in [5.74, 6) is 0.381. The third-order valence-electron chi connectivity index (χ3n) is 2.58. The van der Waals surface area contributed by atoms with Crippen LogP contribution in [0.2, 0.25) is 0 Å². The lowest BCUT2D eigenvalue weighted by Crippen LogP contribution is -2.43. The molecule has 0 saturated carbocycles. The molecule has 1 heterocycles. The normalized spacial score (nSPS) is 20.6. The number of aliphatic imine (C=N–C) groups is 1. The Morgan fingerprint density at radius 2 is 2.29 bits per heavy atom. The first kappa shape index (κ1) is 14.1. The number of thiocarbonyl (C=S) groups is 1. The van der Waals surface area contributed by atoms with Gasteiger partial charge in [0.15, 0.2) is 0 Å². The van der Waals surface area contributed by atoms with Gasteiger partial charge in [-0.25, -0.2) is 9.79 Å². The van der Waals surface area contributed by atoms with Crippen molar-refractivity contribution in [1.29, 1.82) is 0 Å². The van der Waals surface area contributed by atoms with E-state index in [1.54, 1.807) is 4.90 Å². The number of ether oxygens (including phenoxy) is 1. The van der Waals surface area contributed by atoms with Gasteiger partial charge in [-0.1, -0.05) is 0 Å². The minimum absolute atomic E-state index is 0.228. The van der Waals surface area contributed by atoms with Crippen LogP contribution in [0, 0.1) is 5.92 Å². The molecule has 1 amide bonds. The number of carbonyl (C=O) groups excluding carboxylic acids is 1. The number of likely N-dealkylation sites (tertiary alicyclic amines) is 1. The van der Waals surface area contributed by atoms with Gasteiger partial charge in [0.05, 0.1) is 11.7 Å². The van der Waals surface area contributed by atoms with Crippen LogP contribution >= 0.6 is 12.2 Å². The van der Waals surface area contributed by atoms with Crippen LogP contribution in [0.25, 0.3) is 0 Å². The van der Waals surface area contributed by atoms with Crippen LogP contribution in [0.4, 0.5) is 4.79 Å². The van der Waals surface area contributed by atoms with Gasteiger partial charge in [0, 0.05) is 13.1 Å². The molecule has 96 valence electrons. The van der Waals surface area contributed by atoms with E-state index in [1.165, 1.54) is 0 Å². The molecule has 0 N–H and O–H groups in total. The minimum Gasteiger partial charge on any atom is -0.444 e. The maximum atomic E-state index is 11.9. The molecule has 0 aromatic carbocycles. The Kier molecular flexibility index (Phi) is 5.09. The maximum absolute atomic E-state index is 11.9. The molecule has 1 rings (SSSR count). The van der Waals surface area contributed by atoms with Crippen molar-refractivity contribution in [1.82, 2.24) is 4.90 Å². The van der Waals surface area contributed by atoms with Crippen LogP contribution < -0.4 is 0 Å². The first-order valence-electron chi connectivity index (χ1n) is 5.94. The molecule has 0 unspecified atom stereocenters. The van der Waals surface area contributed by atoms with Gasteiger partial charge in [-0.15, -0.1) is 0 Å². The molecule has 4 nitrogen and oxygen atoms in total. The van der Waals surface area contributed by atoms with Gasteiger partial charge in [-0.2, -0.15) is 0 Å². The molecule has 0 aromatic rings. The van der Waals surface area contributed by atoms with Crippen molar-refractivity contribution in [2.75, 3.05) is 19.6 Å². The maximum Gasteiger partial charge on any atom is 0.410 e. The molecule has 0 aliphatic carbocycles. The van der Waals surface area contributed by atoms with Crippen molar-refractivity contribution in [3.63, 3.8) is 0 Å². The fourth-order valence-electron chi connectivity index (χ4n) is 1.87. The second kappa shape index (κ2) is 6.12. The van der Waals surface area contributed by atoms with Crippen molar-refractivity contribution in [2.45, 2.75) is 39.2 Å². The molecule has 0 radical (unpaired) electrons. The summed E-state index contributed by atoms with van der Waals surface area (Å²) in [6, 6.07) is 0. The highest BCUT2D eigenvalue weighted by atomic mass is 32.1. The van der Waals surface area contributed by atoms with E-state index in [0.29, 0.717) is 19.0 Å². The third kappa shape index (κ3) is 5.29. The van der Waals surface area contributed by atoms with Crippen molar-refractivity contribution < 1.29 is 9.53 Å². The first-order valence-corrected chi connectivity index (χ1v) is 6.35. The molecular weight excluding hydrogens is 236 g/mol. The summed E-state index contributed by atoms with van der Waals surface area (Å²) >= 11 is 4.55. The molecule has 1 fully saturated rings. The first-order chi connectivity index (χ1) is 7.92. The Labute approximate surface area is 108 Å². The highest BCUT2D eigenvalue weighted by Gasteiger charge is 2.27. The fraction of sp³-hybridized carbons (Fsp3) is 0.833. The Morgan fingerprint density at radius 3 is 2.88 bits per heavy atom. The Hall–Kier alpha value is -0.930. The number of piperidine rings is 1. The lowest BCUT2D eigenvalue weighted by atomic mass is 9.99. The summed E-state index contributed by atoms with van der Waals surface area (Å²) in [4.78, 5) is 17.6. The standard InChI is InChI=1S/C12H20N2O2S/c1-12(2,3)16-11(15)14-6-4-5-10(8-14)7-13-9-17/h10H,4-8H2,1-3H3/t10-/m0/s1. The van der Waals surface area contributed by atoms with Crippen molar-refractivity contribution >= 4 is 23.5 Å². The fourth-order valence-corrected chi connectivity index (χ4v) is 1.95. The molecule has 1 aliphatic heterocycles. The van der Waals surface area contributed by atoms with Gasteiger partial charge < -0.3 is 9.64 Å². The van der Waals surface area contributed by atoms with Crippen molar-refractivity contribution in [3.05, 3.63) is 0 Å². The van der Waals surface area contributed by atoms with Crippen molar-refractivity contribution in [3.8, 4) is 0 Å². The average molecular weight is 256 g/mol. The van der Waals surface area contributed by atoms with Gasteiger partial charge in [0.25, 0.3) is 0 Å². The van der Waals surface area contributed by atoms with Crippen molar-refractivity contribution in [2.24, 2.45) is 10.9 Å². The Morgan fingerprint density at radius 1 is 1.59 bits per heavy atom. The van der Waals surface area contributed by atoms with E-state index >= 15 is 0 Å². The summed E-state index contributed by atoms with van der Waals surface area (Å²) in [7, 11) is 0. The smallest absolute Gasteiger partial charge is 0.410 e. The summed E-state index contributed by atoms with van der Waals surface area (Å²) in [5, 5.41) is 2.37. The molecule has 17 heavy (non-hydrogen) atoms. The van der Waals surface area contributed by atoms with Gasteiger partial charge in [0.2, 0.25) is 0 Å². The molecule has 1 saturated heterocycles. The van der Waals surface area contributed by atoms with E-state index < -0.39 is 5.60 Å². The summed E-state index contributed by atoms with van der Waals surface area (Å²) in [6.45, 7) is 7.76. The molecule has 1 aliphatic rings. The minimum atomic E-state index is -0.434. The quantitative estimate of drug-likeness (QED) is 0.563. The summed E-state index contributed by atoms with van der Waals surface area (Å²) in [6.07, 6.45) is 1.85. The van der Waals surface area contributed by atoms with Crippen LogP contribution in [-0.4, -0.2) is 41.4 Å². The number of hydrogen-bond donors (Lipinski definition) is 0. The van der Waals surface area contributed by atoms with E-state index in [-0.39, 0.29) is 6.09 Å². The highest BCUT2D eigenvalue weighted by molar-refractivity contribution is 7.78.